The Morgan fingerprint density at radius 1 is 1.14 bits per heavy atom. The zero-order valence-corrected chi connectivity index (χ0v) is 25.1. The summed E-state index contributed by atoms with van der Waals surface area (Å²) in [5, 5.41) is 6.32. The number of carbonyl (C=O) groups excluding carboxylic acids is 1. The molecule has 7 atom stereocenters. The zero-order chi connectivity index (χ0) is 30.0. The summed E-state index contributed by atoms with van der Waals surface area (Å²) < 4.78 is 62.2. The number of anilines is 1. The van der Waals surface area contributed by atoms with Crippen molar-refractivity contribution in [3.63, 3.8) is 0 Å². The van der Waals surface area contributed by atoms with Crippen molar-refractivity contribution in [2.75, 3.05) is 24.2 Å². The van der Waals surface area contributed by atoms with Gasteiger partial charge in [0.2, 0.25) is 15.9 Å². The van der Waals surface area contributed by atoms with Crippen LogP contribution < -0.4 is 16.4 Å². The molecule has 3 fully saturated rings. The Kier molecular flexibility index (Phi) is 9.63. The molecule has 0 spiro atoms. The fraction of sp³-hybridized carbons (Fsp3) is 0.581. The molecule has 7 unspecified atom stereocenters. The molecule has 230 valence electrons. The van der Waals surface area contributed by atoms with E-state index in [1.165, 1.54) is 24.3 Å². The van der Waals surface area contributed by atoms with E-state index in [1.807, 2.05) is 13.8 Å². The van der Waals surface area contributed by atoms with Crippen LogP contribution >= 0.6 is 0 Å². The fourth-order valence-corrected chi connectivity index (χ4v) is 8.88. The summed E-state index contributed by atoms with van der Waals surface area (Å²) in [6.45, 7) is 4.92. The zero-order valence-electron chi connectivity index (χ0n) is 24.3. The van der Waals surface area contributed by atoms with Crippen molar-refractivity contribution in [2.45, 2.75) is 88.6 Å². The van der Waals surface area contributed by atoms with Gasteiger partial charge in [-0.1, -0.05) is 18.2 Å². The average Bonchev–Trinajstić information content (AvgIpc) is 3.05. The first-order valence-electron chi connectivity index (χ1n) is 15.0. The summed E-state index contributed by atoms with van der Waals surface area (Å²) in [6, 6.07) is 9.47. The third-order valence-electron chi connectivity index (χ3n) is 9.05. The Labute approximate surface area is 247 Å². The van der Waals surface area contributed by atoms with E-state index in [0.29, 0.717) is 50.0 Å². The number of amides is 1. The minimum absolute atomic E-state index is 0.00986. The van der Waals surface area contributed by atoms with Gasteiger partial charge in [0.25, 0.3) is 0 Å². The van der Waals surface area contributed by atoms with Crippen molar-refractivity contribution < 1.29 is 26.7 Å². The second-order valence-electron chi connectivity index (χ2n) is 12.2. The maximum atomic E-state index is 15.2. The van der Waals surface area contributed by atoms with Gasteiger partial charge in [-0.25, -0.2) is 17.2 Å². The number of hydrogen-bond donors (Lipinski definition) is 3. The summed E-state index contributed by atoms with van der Waals surface area (Å²) in [4.78, 5) is 13.7. The number of nitrogens with one attached hydrogen (secondary N) is 2. The first kappa shape index (κ1) is 31.0. The summed E-state index contributed by atoms with van der Waals surface area (Å²) in [6.07, 6.45) is 3.48. The Morgan fingerprint density at radius 3 is 2.57 bits per heavy atom. The maximum absolute atomic E-state index is 15.2. The number of fused-ring (bicyclic) bond motifs is 2. The van der Waals surface area contributed by atoms with E-state index in [0.717, 1.165) is 12.0 Å². The highest BCUT2D eigenvalue weighted by molar-refractivity contribution is 7.89. The van der Waals surface area contributed by atoms with Crippen LogP contribution in [0.2, 0.25) is 0 Å². The quantitative estimate of drug-likeness (QED) is 0.421. The van der Waals surface area contributed by atoms with Gasteiger partial charge in [-0.05, 0) is 88.1 Å². The normalized spacial score (nSPS) is 30.6. The molecule has 8 nitrogen and oxygen atoms in total. The van der Waals surface area contributed by atoms with E-state index < -0.39 is 33.7 Å². The third-order valence-corrected chi connectivity index (χ3v) is 11.0. The number of hydrogen-bond acceptors (Lipinski definition) is 6. The van der Waals surface area contributed by atoms with Crippen LogP contribution in [0, 0.1) is 17.6 Å². The molecule has 3 saturated heterocycles. The van der Waals surface area contributed by atoms with Crippen molar-refractivity contribution >= 4 is 21.6 Å². The van der Waals surface area contributed by atoms with Gasteiger partial charge >= 0.3 is 0 Å². The number of ether oxygens (including phenoxy) is 1. The maximum Gasteiger partial charge on any atom is 0.241 e. The second kappa shape index (κ2) is 13.1. The van der Waals surface area contributed by atoms with Gasteiger partial charge in [0.05, 0.1) is 24.0 Å². The van der Waals surface area contributed by atoms with Crippen LogP contribution in [0.4, 0.5) is 14.5 Å². The minimum atomic E-state index is -3.37. The smallest absolute Gasteiger partial charge is 0.241 e. The van der Waals surface area contributed by atoms with Crippen molar-refractivity contribution in [1.29, 1.82) is 0 Å². The Bertz CT molecular complexity index is 1350. The van der Waals surface area contributed by atoms with Gasteiger partial charge in [-0.2, -0.15) is 4.31 Å². The molecule has 3 aliphatic heterocycles. The number of nitrogens with two attached hydrogens (primary N) is 1. The van der Waals surface area contributed by atoms with Crippen LogP contribution in [0.5, 0.6) is 0 Å². The number of sulfonamides is 1. The topological polar surface area (TPSA) is 114 Å². The molecular formula is C31H42F2N4O4S. The molecule has 2 aromatic carbocycles. The van der Waals surface area contributed by atoms with Crippen LogP contribution in [0.25, 0.3) is 0 Å². The SMILES string of the molecule is CC1CC(C(c2ccc(F)cc2)C(N)C(=O)Nc2cccc(F)c2CCC2CNC3CCCS(=O)(=O)N2C3)CC(C)O1. The largest absolute Gasteiger partial charge is 0.376 e. The Balaban J connectivity index is 1.34. The van der Waals surface area contributed by atoms with Crippen LogP contribution in [0.1, 0.15) is 63.0 Å². The highest BCUT2D eigenvalue weighted by Crippen LogP contribution is 2.39. The van der Waals surface area contributed by atoms with Gasteiger partial charge in [0.15, 0.2) is 0 Å². The number of carbonyl (C=O) groups is 1. The lowest BCUT2D eigenvalue weighted by atomic mass is 9.74. The van der Waals surface area contributed by atoms with E-state index in [1.54, 1.807) is 22.5 Å². The molecule has 0 aromatic heterocycles. The Hall–Kier alpha value is -2.44. The molecule has 11 heteroatoms. The van der Waals surface area contributed by atoms with Crippen molar-refractivity contribution in [3.8, 4) is 0 Å². The number of piperazine rings is 1. The molecule has 5 rings (SSSR count). The highest BCUT2D eigenvalue weighted by atomic mass is 32.2. The summed E-state index contributed by atoms with van der Waals surface area (Å²) in [5.74, 6) is -1.54. The molecular weight excluding hydrogens is 562 g/mol. The molecule has 3 aliphatic rings. The van der Waals surface area contributed by atoms with E-state index >= 15 is 4.39 Å². The van der Waals surface area contributed by atoms with Crippen LogP contribution in [0.15, 0.2) is 42.5 Å². The van der Waals surface area contributed by atoms with Gasteiger partial charge in [0.1, 0.15) is 11.6 Å². The number of rotatable bonds is 8. The summed E-state index contributed by atoms with van der Waals surface area (Å²) in [7, 11) is -3.37. The Morgan fingerprint density at radius 2 is 1.86 bits per heavy atom. The van der Waals surface area contributed by atoms with Gasteiger partial charge in [-0.3, -0.25) is 4.79 Å². The molecule has 0 saturated carbocycles. The third kappa shape index (κ3) is 7.02. The van der Waals surface area contributed by atoms with E-state index in [9.17, 15) is 17.6 Å². The molecule has 0 aliphatic carbocycles. The number of halogens is 2. The molecule has 4 N–H and O–H groups in total. The first-order chi connectivity index (χ1) is 20.0. The monoisotopic (exact) mass is 604 g/mol. The lowest BCUT2D eigenvalue weighted by molar-refractivity contribution is -0.119. The van der Waals surface area contributed by atoms with Crippen molar-refractivity contribution in [2.24, 2.45) is 11.7 Å². The first-order valence-corrected chi connectivity index (χ1v) is 16.6. The van der Waals surface area contributed by atoms with Crippen molar-refractivity contribution in [3.05, 3.63) is 65.2 Å². The molecule has 2 aromatic rings. The van der Waals surface area contributed by atoms with E-state index in [2.05, 4.69) is 10.6 Å². The van der Waals surface area contributed by atoms with Crippen molar-refractivity contribution in [1.82, 2.24) is 9.62 Å². The molecule has 0 radical (unpaired) electrons. The average molecular weight is 605 g/mol. The number of benzene rings is 2. The predicted octanol–water partition coefficient (Wildman–Crippen LogP) is 3.92. The minimum Gasteiger partial charge on any atom is -0.376 e. The summed E-state index contributed by atoms with van der Waals surface area (Å²) >= 11 is 0. The van der Waals surface area contributed by atoms with Crippen LogP contribution in [-0.2, 0) is 26.0 Å². The van der Waals surface area contributed by atoms with Gasteiger partial charge < -0.3 is 21.1 Å². The highest BCUT2D eigenvalue weighted by Gasteiger charge is 2.39. The van der Waals surface area contributed by atoms with E-state index in [4.69, 9.17) is 10.5 Å². The van der Waals surface area contributed by atoms with Gasteiger partial charge in [0, 0.05) is 42.3 Å². The number of nitrogens with zero attached hydrogens (tertiary/aromatic N) is 1. The second-order valence-corrected chi connectivity index (χ2v) is 14.2. The predicted molar refractivity (Wildman–Crippen MR) is 159 cm³/mol. The van der Waals surface area contributed by atoms with Gasteiger partial charge in [-0.15, -0.1) is 0 Å². The molecule has 3 heterocycles. The van der Waals surface area contributed by atoms with Crippen LogP contribution in [-0.4, -0.2) is 67.8 Å². The molecule has 42 heavy (non-hydrogen) atoms. The lowest BCUT2D eigenvalue weighted by Gasteiger charge is -2.39. The molecule has 2 bridgehead atoms. The summed E-state index contributed by atoms with van der Waals surface area (Å²) in [5.41, 5.74) is 8.07. The van der Waals surface area contributed by atoms with E-state index in [-0.39, 0.29) is 48.2 Å². The standard InChI is InChI=1S/C31H42F2N4O4S/c1-19-15-22(16-20(2)41-19)29(21-8-10-23(32)11-9-21)30(34)31(38)36-28-7-3-6-27(33)26(28)13-12-25-17-35-24-5-4-14-42(39,40)37(25)18-24/h3,6-11,19-20,22,24-25,29-30,35H,4-5,12-18,34H2,1-2H3,(H,36,38). The fourth-order valence-electron chi connectivity index (χ4n) is 7.07. The molecule has 1 amide bonds. The van der Waals surface area contributed by atoms with Crippen LogP contribution in [0.3, 0.4) is 0 Å². The lowest BCUT2D eigenvalue weighted by Crippen LogP contribution is -2.57.